The zero-order chi connectivity index (χ0) is 82.8. The number of H-pyrrole nitrogens is 4. The third-order valence-corrected chi connectivity index (χ3v) is 20.2. The Morgan fingerprint density at radius 1 is 0.336 bits per heavy atom. The van der Waals surface area contributed by atoms with Gasteiger partial charge in [0.2, 0.25) is 0 Å². The molecule has 28 heteroatoms. The van der Waals surface area contributed by atoms with Gasteiger partial charge in [0, 0.05) is 148 Å². The number of benzene rings is 4. The molecule has 0 amide bonds. The van der Waals surface area contributed by atoms with Gasteiger partial charge in [-0.25, -0.2) is 39.9 Å². The monoisotopic (exact) mass is 1580 g/mol. The fourth-order valence-electron chi connectivity index (χ4n) is 14.6. The van der Waals surface area contributed by atoms with Crippen molar-refractivity contribution in [3.63, 3.8) is 0 Å². The normalized spacial score (nSPS) is 19.7. The van der Waals surface area contributed by atoms with Crippen molar-refractivity contribution >= 4 is 66.9 Å². The Labute approximate surface area is 684 Å². The molecule has 12 aromatic rings. The van der Waals surface area contributed by atoms with Crippen LogP contribution in [0.3, 0.4) is 0 Å². The van der Waals surface area contributed by atoms with Gasteiger partial charge in [0.1, 0.15) is 106 Å². The summed E-state index contributed by atoms with van der Waals surface area (Å²) in [5.41, 5.74) is 10.5. The molecule has 8 N–H and O–H groups in total. The molecule has 18 rings (SSSR count). The van der Waals surface area contributed by atoms with Crippen molar-refractivity contribution in [1.82, 2.24) is 102 Å². The molecule has 0 spiro atoms. The lowest BCUT2D eigenvalue weighted by molar-refractivity contribution is 0.200. The Morgan fingerprint density at radius 2 is 0.595 bits per heavy atom. The summed E-state index contributed by atoms with van der Waals surface area (Å²) in [5.74, 6) is 7.20. The van der Waals surface area contributed by atoms with E-state index < -0.39 is 0 Å². The predicted octanol–water partition coefficient (Wildman–Crippen LogP) is 15.6. The zero-order valence-electron chi connectivity index (χ0n) is 71.9. The number of aromatic nitrogens is 16. The fourth-order valence-corrected chi connectivity index (χ4v) is 14.6. The van der Waals surface area contributed by atoms with E-state index in [-0.39, 0.29) is 23.4 Å². The van der Waals surface area contributed by atoms with E-state index in [4.69, 9.17) is 18.9 Å². The maximum absolute atomic E-state index is 6.13. The van der Waals surface area contributed by atoms with Gasteiger partial charge in [-0.15, -0.1) is 0 Å². The molecule has 0 bridgehead atoms. The summed E-state index contributed by atoms with van der Waals surface area (Å²) in [7, 11) is 0. The Balaban J connectivity index is 0.000000148. The van der Waals surface area contributed by atoms with Crippen LogP contribution in [-0.4, -0.2) is 206 Å². The molecular weight excluding hydrogens is 1460 g/mol. The SMILES string of the molecule is CC.CC.CC.CC.CC(C)Oc1ccc2[nH]nc(-c3cc(N4CCN[C@@H](C)C4)ncn3)c2c1.CC(C)Oc1ccc2[nH]nc(-c3cc(N4C[C@@H](C)N[C@@H](C)C4)ncn3)c2c1.C[C@@H]1CN(c2cc(-c3n[nH]c4ccc(OC5(C)CC5)cc34)ncn2)C[C@H](C)N1.C[C@H]1CN(c2cc(-c3n[nH]c4ccc(OC5(C)CC5)cc34)ncn2)CCN1. The highest BCUT2D eigenvalue weighted by molar-refractivity contribution is 5.96. The molecule has 6 fully saturated rings. The van der Waals surface area contributed by atoms with Crippen molar-refractivity contribution in [2.24, 2.45) is 0 Å². The predicted molar refractivity (Wildman–Crippen MR) is 470 cm³/mol. The van der Waals surface area contributed by atoms with Crippen LogP contribution < -0.4 is 59.8 Å². The van der Waals surface area contributed by atoms with Gasteiger partial charge in [0.15, 0.2) is 0 Å². The van der Waals surface area contributed by atoms with Crippen molar-refractivity contribution in [3.8, 4) is 68.5 Å². The number of ether oxygens (including phenoxy) is 4. The Hall–Kier alpha value is -10.7. The summed E-state index contributed by atoms with van der Waals surface area (Å²) in [6.45, 7) is 50.9. The molecule has 28 nitrogen and oxygen atoms in total. The molecule has 4 saturated heterocycles. The third kappa shape index (κ3) is 22.1. The first kappa shape index (κ1) is 86.2. The number of anilines is 4. The van der Waals surface area contributed by atoms with Crippen LogP contribution in [0.2, 0.25) is 0 Å². The van der Waals surface area contributed by atoms with Crippen molar-refractivity contribution in [3.05, 3.63) is 122 Å². The molecule has 4 aromatic carbocycles. The number of aromatic amines is 4. The minimum absolute atomic E-state index is 0.00134. The average Bonchev–Trinajstić information content (AvgIpc) is 1.67. The molecule has 4 aliphatic heterocycles. The summed E-state index contributed by atoms with van der Waals surface area (Å²) in [4.78, 5) is 45.1. The van der Waals surface area contributed by atoms with E-state index in [1.807, 2.05) is 168 Å². The van der Waals surface area contributed by atoms with Crippen LogP contribution in [0.5, 0.6) is 23.0 Å². The molecule has 2 saturated carbocycles. The van der Waals surface area contributed by atoms with Crippen molar-refractivity contribution in [2.75, 3.05) is 85.0 Å². The lowest BCUT2D eigenvalue weighted by Crippen LogP contribution is -2.54. The molecular formula is C88H124N24O4. The standard InChI is InChI=1S/C21H26N6O.C20H24N6O.C20H26N6O.C19H24N6O.4C2H6/c1-13-10-27(11-14(2)24-13)19-9-18(22-12-23-19)20-16-8-15(28-21(3)6-7-21)4-5-17(16)25-26-20;1-13-11-26(8-7-21-13)18-10-17(22-12-23-18)19-15-9-14(27-20(2)5-6-20)3-4-16(15)24-25-19;1-12(2)27-15-5-6-17-16(7-15)20(25-24-17)18-8-19(22-11-21-18)26-9-13(3)23-14(4)10-26;1-12(2)26-14-4-5-16-15(8-14)19(24-23-16)17-9-18(22-11-21-17)25-7-6-20-13(3)10-25;4*1-2/h4-5,8-9,12-14,24H,6-7,10-11H2,1-3H3,(H,25,26);3-4,9-10,12-13,21H,5-8,11H2,1-2H3,(H,24,25);5-8,11-14,23H,9-10H2,1-4H3,(H,24,25);4-5,8-9,11-13,20H,6-7,10H2,1-3H3,(H,23,24);4*1-2H3/t13-,14+;13-;13-,14+;13-;;;;/m.0.0..../s1. The number of fused-ring (bicyclic) bond motifs is 4. The maximum atomic E-state index is 6.13. The first-order chi connectivity index (χ1) is 56.2. The highest BCUT2D eigenvalue weighted by Gasteiger charge is 2.41. The van der Waals surface area contributed by atoms with Crippen molar-refractivity contribution in [2.45, 2.75) is 224 Å². The average molecular weight is 1580 g/mol. The van der Waals surface area contributed by atoms with E-state index in [1.54, 1.807) is 25.3 Å². The highest BCUT2D eigenvalue weighted by Crippen LogP contribution is 2.43. The maximum Gasteiger partial charge on any atom is 0.132 e. The minimum atomic E-state index is -0.00462. The van der Waals surface area contributed by atoms with Crippen LogP contribution >= 0.6 is 0 Å². The van der Waals surface area contributed by atoms with E-state index in [0.717, 1.165) is 227 Å². The number of hydrogen-bond donors (Lipinski definition) is 8. The van der Waals surface area contributed by atoms with E-state index in [0.29, 0.717) is 36.3 Å². The molecule has 116 heavy (non-hydrogen) atoms. The Kier molecular flexibility index (Phi) is 29.6. The van der Waals surface area contributed by atoms with Crippen LogP contribution in [0.4, 0.5) is 23.3 Å². The third-order valence-electron chi connectivity index (χ3n) is 20.2. The van der Waals surface area contributed by atoms with E-state index in [1.165, 1.54) is 0 Å². The minimum Gasteiger partial charge on any atom is -0.491 e. The molecule has 8 aromatic heterocycles. The van der Waals surface area contributed by atoms with Crippen LogP contribution in [0.1, 0.15) is 164 Å². The van der Waals surface area contributed by atoms with E-state index >= 15 is 0 Å². The number of piperazine rings is 4. The summed E-state index contributed by atoms with van der Waals surface area (Å²) >= 11 is 0. The van der Waals surface area contributed by atoms with Gasteiger partial charge in [-0.1, -0.05) is 55.4 Å². The van der Waals surface area contributed by atoms with Gasteiger partial charge >= 0.3 is 0 Å². The highest BCUT2D eigenvalue weighted by atomic mass is 16.5. The molecule has 0 radical (unpaired) electrons. The summed E-state index contributed by atoms with van der Waals surface area (Å²) < 4.78 is 23.9. The fraction of sp³-hybridized carbons (Fsp3) is 0.500. The zero-order valence-corrected chi connectivity index (χ0v) is 71.9. The van der Waals surface area contributed by atoms with Gasteiger partial charge in [0.05, 0.1) is 57.1 Å². The largest absolute Gasteiger partial charge is 0.491 e. The van der Waals surface area contributed by atoms with Crippen LogP contribution in [-0.2, 0) is 0 Å². The topological polar surface area (TPSA) is 316 Å². The second-order valence-corrected chi connectivity index (χ2v) is 31.0. The van der Waals surface area contributed by atoms with Crippen molar-refractivity contribution < 1.29 is 18.9 Å². The van der Waals surface area contributed by atoms with Gasteiger partial charge in [-0.3, -0.25) is 20.4 Å². The molecule has 6 aliphatic rings. The molecule has 12 heterocycles. The van der Waals surface area contributed by atoms with E-state index in [9.17, 15) is 0 Å². The van der Waals surface area contributed by atoms with Crippen LogP contribution in [0.25, 0.3) is 89.2 Å². The Bertz CT molecular complexity index is 5070. The van der Waals surface area contributed by atoms with Crippen LogP contribution in [0.15, 0.2) is 122 Å². The molecule has 2 aliphatic carbocycles. The molecule has 0 unspecified atom stereocenters. The molecule has 6 atom stereocenters. The summed E-state index contributed by atoms with van der Waals surface area (Å²) in [5, 5.41) is 48.5. The number of rotatable bonds is 16. The number of nitrogens with zero attached hydrogens (tertiary/aromatic N) is 16. The Morgan fingerprint density at radius 3 is 0.862 bits per heavy atom. The van der Waals surface area contributed by atoms with Gasteiger partial charge in [-0.05, 0) is 182 Å². The van der Waals surface area contributed by atoms with E-state index in [2.05, 4.69) is 189 Å². The van der Waals surface area contributed by atoms with Crippen LogP contribution in [0, 0.1) is 0 Å². The van der Waals surface area contributed by atoms with Gasteiger partial charge < -0.3 is 59.8 Å². The molecule has 620 valence electrons. The quantitative estimate of drug-likeness (QED) is 0.0446. The second kappa shape index (κ2) is 39.8. The number of nitrogens with one attached hydrogen (secondary N) is 8. The first-order valence-electron chi connectivity index (χ1n) is 42.1. The van der Waals surface area contributed by atoms with Gasteiger partial charge in [-0.2, -0.15) is 20.4 Å². The lowest BCUT2D eigenvalue weighted by Gasteiger charge is -2.36. The number of hydrogen-bond acceptors (Lipinski definition) is 24. The second-order valence-electron chi connectivity index (χ2n) is 31.0. The first-order valence-corrected chi connectivity index (χ1v) is 42.1. The summed E-state index contributed by atoms with van der Waals surface area (Å²) in [6.07, 6.45) is 11.2. The van der Waals surface area contributed by atoms with Crippen molar-refractivity contribution in [1.29, 1.82) is 0 Å². The van der Waals surface area contributed by atoms with Gasteiger partial charge in [0.25, 0.3) is 0 Å². The smallest absolute Gasteiger partial charge is 0.132 e. The lowest BCUT2D eigenvalue weighted by atomic mass is 10.1. The summed E-state index contributed by atoms with van der Waals surface area (Å²) in [6, 6.07) is 34.8.